The third-order valence-corrected chi connectivity index (χ3v) is 5.67. The molecule has 0 bridgehead atoms. The Morgan fingerprint density at radius 3 is 2.60 bits per heavy atom. The van der Waals surface area contributed by atoms with Gasteiger partial charge >= 0.3 is 0 Å². The van der Waals surface area contributed by atoms with Crippen LogP contribution in [0, 0.1) is 5.41 Å². The predicted octanol–water partition coefficient (Wildman–Crippen LogP) is 1.06. The fourth-order valence-corrected chi connectivity index (χ4v) is 3.83. The van der Waals surface area contributed by atoms with E-state index in [1.807, 2.05) is 6.07 Å². The number of anilines is 1. The number of pyridine rings is 1. The minimum atomic E-state index is -3.16. The number of piperidine rings is 1. The molecular formula is C14H21N3O2S. The van der Waals surface area contributed by atoms with Gasteiger partial charge < -0.3 is 10.2 Å². The van der Waals surface area contributed by atoms with E-state index in [-0.39, 0.29) is 4.90 Å². The summed E-state index contributed by atoms with van der Waals surface area (Å²) in [5.74, 6) is 0.896. The van der Waals surface area contributed by atoms with E-state index in [9.17, 15) is 8.42 Å². The minimum Gasteiger partial charge on any atom is -0.356 e. The van der Waals surface area contributed by atoms with Gasteiger partial charge in [0, 0.05) is 25.5 Å². The molecule has 1 N–H and O–H groups in total. The number of sulfone groups is 1. The molecule has 0 aliphatic carbocycles. The van der Waals surface area contributed by atoms with Gasteiger partial charge in [0.15, 0.2) is 9.84 Å². The van der Waals surface area contributed by atoms with Crippen LogP contribution in [0.25, 0.3) is 0 Å². The Morgan fingerprint density at radius 2 is 2.00 bits per heavy atom. The van der Waals surface area contributed by atoms with Crippen LogP contribution in [0.1, 0.15) is 19.3 Å². The molecule has 0 unspecified atom stereocenters. The molecule has 2 aliphatic heterocycles. The van der Waals surface area contributed by atoms with E-state index in [2.05, 4.69) is 15.2 Å². The summed E-state index contributed by atoms with van der Waals surface area (Å²) in [4.78, 5) is 6.91. The number of hydrogen-bond acceptors (Lipinski definition) is 5. The molecule has 0 amide bonds. The van der Waals surface area contributed by atoms with E-state index in [0.29, 0.717) is 5.41 Å². The average Bonchev–Trinajstić information content (AvgIpc) is 2.83. The first-order valence-electron chi connectivity index (χ1n) is 7.10. The molecule has 0 aromatic carbocycles. The van der Waals surface area contributed by atoms with Crippen LogP contribution in [-0.4, -0.2) is 45.8 Å². The number of aromatic nitrogens is 1. The van der Waals surface area contributed by atoms with E-state index in [0.717, 1.165) is 32.0 Å². The summed E-state index contributed by atoms with van der Waals surface area (Å²) in [5.41, 5.74) is 0.433. The largest absolute Gasteiger partial charge is 0.356 e. The number of hydrogen-bond donors (Lipinski definition) is 1. The zero-order chi connectivity index (χ0) is 14.2. The van der Waals surface area contributed by atoms with E-state index >= 15 is 0 Å². The summed E-state index contributed by atoms with van der Waals surface area (Å²) in [6.45, 7) is 4.27. The second kappa shape index (κ2) is 5.00. The Morgan fingerprint density at radius 1 is 1.25 bits per heavy atom. The number of rotatable bonds is 2. The minimum absolute atomic E-state index is 0.289. The maximum atomic E-state index is 11.4. The molecule has 0 radical (unpaired) electrons. The number of nitrogens with one attached hydrogen (secondary N) is 1. The zero-order valence-corrected chi connectivity index (χ0v) is 12.6. The standard InChI is InChI=1S/C14H21N3O2S/c1-20(18,19)12-2-3-13(16-10-12)17-9-6-14(11-17)4-7-15-8-5-14/h2-3,10,15H,4-9,11H2,1H3. The van der Waals surface area contributed by atoms with Crippen molar-refractivity contribution in [3.8, 4) is 0 Å². The lowest BCUT2D eigenvalue weighted by Crippen LogP contribution is -2.38. The SMILES string of the molecule is CS(=O)(=O)c1ccc(N2CCC3(CCNCC3)C2)nc1. The van der Waals surface area contributed by atoms with Gasteiger partial charge in [-0.25, -0.2) is 13.4 Å². The molecule has 2 saturated heterocycles. The molecule has 1 aromatic heterocycles. The van der Waals surface area contributed by atoms with Crippen molar-refractivity contribution in [3.63, 3.8) is 0 Å². The predicted molar refractivity (Wildman–Crippen MR) is 78.7 cm³/mol. The summed E-state index contributed by atoms with van der Waals surface area (Å²) >= 11 is 0. The highest BCUT2D eigenvalue weighted by atomic mass is 32.2. The van der Waals surface area contributed by atoms with Gasteiger partial charge in [0.25, 0.3) is 0 Å². The third-order valence-electron chi connectivity index (χ3n) is 4.58. The van der Waals surface area contributed by atoms with Crippen LogP contribution in [-0.2, 0) is 9.84 Å². The van der Waals surface area contributed by atoms with Gasteiger partial charge in [-0.05, 0) is 49.9 Å². The summed E-state index contributed by atoms with van der Waals surface area (Å²) in [6.07, 6.45) is 6.35. The van der Waals surface area contributed by atoms with Gasteiger partial charge in [-0.15, -0.1) is 0 Å². The van der Waals surface area contributed by atoms with Gasteiger partial charge in [-0.2, -0.15) is 0 Å². The van der Waals surface area contributed by atoms with Crippen LogP contribution < -0.4 is 10.2 Å². The maximum absolute atomic E-state index is 11.4. The summed E-state index contributed by atoms with van der Waals surface area (Å²) < 4.78 is 22.9. The monoisotopic (exact) mass is 295 g/mol. The fourth-order valence-electron chi connectivity index (χ4n) is 3.27. The fraction of sp³-hybridized carbons (Fsp3) is 0.643. The zero-order valence-electron chi connectivity index (χ0n) is 11.8. The molecular weight excluding hydrogens is 274 g/mol. The van der Waals surface area contributed by atoms with Crippen molar-refractivity contribution in [2.45, 2.75) is 24.2 Å². The number of nitrogens with zero attached hydrogens (tertiary/aromatic N) is 2. The summed E-state index contributed by atoms with van der Waals surface area (Å²) in [6, 6.07) is 3.49. The quantitative estimate of drug-likeness (QED) is 0.884. The van der Waals surface area contributed by atoms with E-state index in [4.69, 9.17) is 0 Å². The lowest BCUT2D eigenvalue weighted by Gasteiger charge is -2.33. The second-order valence-corrected chi connectivity index (χ2v) is 8.06. The van der Waals surface area contributed by atoms with Crippen molar-refractivity contribution in [2.75, 3.05) is 37.3 Å². The lowest BCUT2D eigenvalue weighted by molar-refractivity contribution is 0.232. The van der Waals surface area contributed by atoms with Crippen LogP contribution >= 0.6 is 0 Å². The first-order chi connectivity index (χ1) is 9.49. The third kappa shape index (κ3) is 2.67. The van der Waals surface area contributed by atoms with Crippen molar-refractivity contribution < 1.29 is 8.42 Å². The highest BCUT2D eigenvalue weighted by molar-refractivity contribution is 7.90. The first kappa shape index (κ1) is 13.8. The normalized spacial score (nSPS) is 22.4. The molecule has 3 rings (SSSR count). The summed E-state index contributed by atoms with van der Waals surface area (Å²) in [5, 5.41) is 3.41. The first-order valence-corrected chi connectivity index (χ1v) is 9.00. The van der Waals surface area contributed by atoms with Crippen molar-refractivity contribution >= 4 is 15.7 Å². The van der Waals surface area contributed by atoms with Gasteiger partial charge in [0.05, 0.1) is 4.90 Å². The van der Waals surface area contributed by atoms with E-state index in [1.54, 1.807) is 6.07 Å². The molecule has 5 nitrogen and oxygen atoms in total. The van der Waals surface area contributed by atoms with Crippen molar-refractivity contribution in [1.29, 1.82) is 0 Å². The van der Waals surface area contributed by atoms with Crippen molar-refractivity contribution in [1.82, 2.24) is 10.3 Å². The van der Waals surface area contributed by atoms with Gasteiger partial charge in [0.2, 0.25) is 0 Å². The average molecular weight is 295 g/mol. The molecule has 2 fully saturated rings. The molecule has 20 heavy (non-hydrogen) atoms. The molecule has 1 spiro atoms. The van der Waals surface area contributed by atoms with Gasteiger partial charge in [-0.3, -0.25) is 0 Å². The van der Waals surface area contributed by atoms with Crippen LogP contribution in [0.5, 0.6) is 0 Å². The Kier molecular flexibility index (Phi) is 3.46. The highest BCUT2D eigenvalue weighted by Gasteiger charge is 2.39. The van der Waals surface area contributed by atoms with Crippen LogP contribution in [0.2, 0.25) is 0 Å². The molecule has 0 atom stereocenters. The molecule has 6 heteroatoms. The van der Waals surface area contributed by atoms with Crippen molar-refractivity contribution in [2.24, 2.45) is 5.41 Å². The van der Waals surface area contributed by atoms with E-state index in [1.165, 1.54) is 31.7 Å². The molecule has 1 aromatic rings. The topological polar surface area (TPSA) is 62.3 Å². The van der Waals surface area contributed by atoms with Crippen molar-refractivity contribution in [3.05, 3.63) is 18.3 Å². The molecule has 110 valence electrons. The highest BCUT2D eigenvalue weighted by Crippen LogP contribution is 2.39. The lowest BCUT2D eigenvalue weighted by atomic mass is 9.78. The van der Waals surface area contributed by atoms with Gasteiger partial charge in [0.1, 0.15) is 5.82 Å². The van der Waals surface area contributed by atoms with Crippen LogP contribution in [0.4, 0.5) is 5.82 Å². The Balaban J connectivity index is 1.74. The molecule has 3 heterocycles. The molecule has 2 aliphatic rings. The second-order valence-electron chi connectivity index (χ2n) is 6.05. The Labute approximate surface area is 120 Å². The Hall–Kier alpha value is -1.14. The van der Waals surface area contributed by atoms with E-state index < -0.39 is 9.84 Å². The maximum Gasteiger partial charge on any atom is 0.177 e. The van der Waals surface area contributed by atoms with Gasteiger partial charge in [-0.1, -0.05) is 0 Å². The smallest absolute Gasteiger partial charge is 0.177 e. The van der Waals surface area contributed by atoms with Crippen LogP contribution in [0.3, 0.4) is 0 Å². The summed E-state index contributed by atoms with van der Waals surface area (Å²) in [7, 11) is -3.16. The Bertz CT molecular complexity index is 577. The molecule has 0 saturated carbocycles. The van der Waals surface area contributed by atoms with Crippen LogP contribution in [0.15, 0.2) is 23.2 Å².